The Morgan fingerprint density at radius 2 is 1.80 bits per heavy atom. The van der Waals surface area contributed by atoms with E-state index in [1.165, 1.54) is 11.1 Å². The Morgan fingerprint density at radius 1 is 1.00 bits per heavy atom. The highest BCUT2D eigenvalue weighted by Crippen LogP contribution is 2.26. The molecule has 0 spiro atoms. The standard InChI is InChI=1S/C17H19N3/c1-11-5-6-13(9-12(11)2)17-19-15-8-7-14(18-3)10-16(15)20(17)4/h5-10,18H,1-4H3. The molecule has 20 heavy (non-hydrogen) atoms. The minimum atomic E-state index is 1.01. The monoisotopic (exact) mass is 265 g/mol. The normalized spacial score (nSPS) is 11.0. The number of hydrogen-bond acceptors (Lipinski definition) is 2. The number of hydrogen-bond donors (Lipinski definition) is 1. The van der Waals surface area contributed by atoms with Gasteiger partial charge in [0.15, 0.2) is 0 Å². The predicted molar refractivity (Wildman–Crippen MR) is 85.2 cm³/mol. The lowest BCUT2D eigenvalue weighted by Crippen LogP contribution is -1.94. The van der Waals surface area contributed by atoms with Gasteiger partial charge < -0.3 is 9.88 Å². The van der Waals surface area contributed by atoms with Gasteiger partial charge in [-0.2, -0.15) is 0 Å². The molecule has 0 atom stereocenters. The number of imidazole rings is 1. The highest BCUT2D eigenvalue weighted by atomic mass is 15.1. The first kappa shape index (κ1) is 12.7. The maximum absolute atomic E-state index is 4.76. The van der Waals surface area contributed by atoms with E-state index in [2.05, 4.69) is 67.2 Å². The van der Waals surface area contributed by atoms with E-state index >= 15 is 0 Å². The Kier molecular flexibility index (Phi) is 2.97. The van der Waals surface area contributed by atoms with Crippen molar-refractivity contribution < 1.29 is 0 Å². The van der Waals surface area contributed by atoms with Crippen LogP contribution in [0.3, 0.4) is 0 Å². The minimum absolute atomic E-state index is 1.01. The second-order valence-electron chi connectivity index (χ2n) is 5.25. The fraction of sp³-hybridized carbons (Fsp3) is 0.235. The smallest absolute Gasteiger partial charge is 0.140 e. The van der Waals surface area contributed by atoms with E-state index in [0.29, 0.717) is 0 Å². The third-order valence-corrected chi connectivity index (χ3v) is 3.93. The molecule has 3 heteroatoms. The van der Waals surface area contributed by atoms with Crippen molar-refractivity contribution in [3.05, 3.63) is 47.5 Å². The van der Waals surface area contributed by atoms with Crippen molar-refractivity contribution in [2.75, 3.05) is 12.4 Å². The minimum Gasteiger partial charge on any atom is -0.388 e. The van der Waals surface area contributed by atoms with E-state index in [4.69, 9.17) is 4.98 Å². The molecule has 3 aromatic rings. The summed E-state index contributed by atoms with van der Waals surface area (Å²) in [6.45, 7) is 4.27. The number of nitrogens with one attached hydrogen (secondary N) is 1. The largest absolute Gasteiger partial charge is 0.388 e. The van der Waals surface area contributed by atoms with Crippen LogP contribution >= 0.6 is 0 Å². The fourth-order valence-electron chi connectivity index (χ4n) is 2.48. The van der Waals surface area contributed by atoms with Gasteiger partial charge in [-0.25, -0.2) is 4.98 Å². The summed E-state index contributed by atoms with van der Waals surface area (Å²) in [6.07, 6.45) is 0. The molecule has 1 aromatic heterocycles. The number of fused-ring (bicyclic) bond motifs is 1. The molecular weight excluding hydrogens is 246 g/mol. The van der Waals surface area contributed by atoms with Gasteiger partial charge >= 0.3 is 0 Å². The molecule has 0 radical (unpaired) electrons. The van der Waals surface area contributed by atoms with Gasteiger partial charge in [-0.15, -0.1) is 0 Å². The van der Waals surface area contributed by atoms with Crippen molar-refractivity contribution in [2.45, 2.75) is 13.8 Å². The zero-order valence-electron chi connectivity index (χ0n) is 12.4. The van der Waals surface area contributed by atoms with Crippen molar-refractivity contribution in [1.82, 2.24) is 9.55 Å². The van der Waals surface area contributed by atoms with Crippen molar-refractivity contribution in [2.24, 2.45) is 7.05 Å². The van der Waals surface area contributed by atoms with Gasteiger partial charge in [0.25, 0.3) is 0 Å². The quantitative estimate of drug-likeness (QED) is 0.761. The Morgan fingerprint density at radius 3 is 2.50 bits per heavy atom. The van der Waals surface area contributed by atoms with Gasteiger partial charge in [0.05, 0.1) is 11.0 Å². The van der Waals surface area contributed by atoms with E-state index < -0.39 is 0 Å². The van der Waals surface area contributed by atoms with Crippen LogP contribution in [0.25, 0.3) is 22.4 Å². The molecular formula is C17H19N3. The van der Waals surface area contributed by atoms with Gasteiger partial charge in [0.1, 0.15) is 5.82 Å². The SMILES string of the molecule is CNc1ccc2nc(-c3ccc(C)c(C)c3)n(C)c2c1. The Bertz CT molecular complexity index is 784. The van der Waals surface area contributed by atoms with Gasteiger partial charge in [0, 0.05) is 25.3 Å². The van der Waals surface area contributed by atoms with Crippen molar-refractivity contribution in [3.63, 3.8) is 0 Å². The van der Waals surface area contributed by atoms with E-state index in [1.54, 1.807) is 0 Å². The molecule has 0 saturated carbocycles. The molecule has 0 fully saturated rings. The van der Waals surface area contributed by atoms with Crippen LogP contribution in [0.2, 0.25) is 0 Å². The number of anilines is 1. The predicted octanol–water partition coefficient (Wildman–Crippen LogP) is 3.90. The lowest BCUT2D eigenvalue weighted by Gasteiger charge is -2.06. The summed E-state index contributed by atoms with van der Waals surface area (Å²) in [5.74, 6) is 1.01. The van der Waals surface area contributed by atoms with Crippen LogP contribution in [0, 0.1) is 13.8 Å². The van der Waals surface area contributed by atoms with Crippen LogP contribution < -0.4 is 5.32 Å². The van der Waals surface area contributed by atoms with Gasteiger partial charge in [0.2, 0.25) is 0 Å². The molecule has 1 heterocycles. The molecule has 0 aliphatic carbocycles. The third kappa shape index (κ3) is 1.95. The number of aromatic nitrogens is 2. The maximum Gasteiger partial charge on any atom is 0.140 e. The molecule has 3 nitrogen and oxygen atoms in total. The molecule has 0 bridgehead atoms. The Hall–Kier alpha value is -2.29. The highest BCUT2D eigenvalue weighted by Gasteiger charge is 2.10. The number of rotatable bonds is 2. The van der Waals surface area contributed by atoms with Gasteiger partial charge in [-0.3, -0.25) is 0 Å². The Labute approximate surface area is 119 Å². The summed E-state index contributed by atoms with van der Waals surface area (Å²) in [7, 11) is 4.00. The molecule has 0 amide bonds. The molecule has 102 valence electrons. The van der Waals surface area contributed by atoms with E-state index in [1.807, 2.05) is 7.05 Å². The summed E-state index contributed by atoms with van der Waals surface area (Å²) in [6, 6.07) is 12.7. The first-order valence-corrected chi connectivity index (χ1v) is 6.82. The van der Waals surface area contributed by atoms with E-state index in [-0.39, 0.29) is 0 Å². The third-order valence-electron chi connectivity index (χ3n) is 3.93. The number of benzene rings is 2. The maximum atomic E-state index is 4.76. The van der Waals surface area contributed by atoms with Crippen LogP contribution in [0.15, 0.2) is 36.4 Å². The highest BCUT2D eigenvalue weighted by molar-refractivity contribution is 5.83. The molecule has 1 N–H and O–H groups in total. The summed E-state index contributed by atoms with van der Waals surface area (Å²) >= 11 is 0. The second-order valence-corrected chi connectivity index (χ2v) is 5.25. The lowest BCUT2D eigenvalue weighted by molar-refractivity contribution is 0.959. The van der Waals surface area contributed by atoms with Crippen molar-refractivity contribution in [1.29, 1.82) is 0 Å². The molecule has 2 aromatic carbocycles. The Balaban J connectivity index is 2.21. The summed E-state index contributed by atoms with van der Waals surface area (Å²) < 4.78 is 2.15. The zero-order chi connectivity index (χ0) is 14.3. The van der Waals surface area contributed by atoms with Crippen LogP contribution in [-0.2, 0) is 7.05 Å². The topological polar surface area (TPSA) is 29.9 Å². The second kappa shape index (κ2) is 4.67. The average molecular weight is 265 g/mol. The fourth-order valence-corrected chi connectivity index (χ4v) is 2.48. The first-order valence-electron chi connectivity index (χ1n) is 6.82. The molecule has 0 unspecified atom stereocenters. The van der Waals surface area contributed by atoms with Crippen LogP contribution in [0.1, 0.15) is 11.1 Å². The number of nitrogens with zero attached hydrogens (tertiary/aromatic N) is 2. The van der Waals surface area contributed by atoms with E-state index in [0.717, 1.165) is 28.1 Å². The molecule has 0 saturated heterocycles. The van der Waals surface area contributed by atoms with Crippen LogP contribution in [0.4, 0.5) is 5.69 Å². The summed E-state index contributed by atoms with van der Waals surface area (Å²) in [5, 5.41) is 3.17. The number of aryl methyl sites for hydroxylation is 3. The van der Waals surface area contributed by atoms with Crippen molar-refractivity contribution >= 4 is 16.7 Å². The summed E-state index contributed by atoms with van der Waals surface area (Å²) in [5.41, 5.74) is 7.05. The first-order chi connectivity index (χ1) is 9.60. The van der Waals surface area contributed by atoms with Gasteiger partial charge in [-0.05, 0) is 49.2 Å². The van der Waals surface area contributed by atoms with Gasteiger partial charge in [-0.1, -0.05) is 12.1 Å². The van der Waals surface area contributed by atoms with Crippen LogP contribution in [0.5, 0.6) is 0 Å². The summed E-state index contributed by atoms with van der Waals surface area (Å²) in [4.78, 5) is 4.76. The lowest BCUT2D eigenvalue weighted by atomic mass is 10.1. The van der Waals surface area contributed by atoms with Crippen molar-refractivity contribution in [3.8, 4) is 11.4 Å². The van der Waals surface area contributed by atoms with Crippen LogP contribution in [-0.4, -0.2) is 16.6 Å². The zero-order valence-corrected chi connectivity index (χ0v) is 12.4. The molecule has 0 aliphatic rings. The molecule has 3 rings (SSSR count). The average Bonchev–Trinajstić information content (AvgIpc) is 2.79. The molecule has 0 aliphatic heterocycles. The van der Waals surface area contributed by atoms with E-state index in [9.17, 15) is 0 Å².